The molecule has 7 aromatic carbocycles. The summed E-state index contributed by atoms with van der Waals surface area (Å²) < 4.78 is 4.47. The molecule has 0 spiro atoms. The molecule has 0 aliphatic heterocycles. The molecular formula is C47H31N5. The molecular weight excluding hydrogens is 635 g/mol. The SMILES string of the molecule is c1ccc(-n2c(-c3ccc(-c4ccc(-c5ccc(-c6nc7ccccc7n6-c6ccccc6)cc5)c5ncccc45)cc3)nc3ccccc32)cc1. The van der Waals surface area contributed by atoms with Crippen LogP contribution in [-0.2, 0) is 0 Å². The van der Waals surface area contributed by atoms with E-state index in [1.807, 2.05) is 36.5 Å². The molecule has 3 aromatic heterocycles. The van der Waals surface area contributed by atoms with Gasteiger partial charge in [-0.3, -0.25) is 14.1 Å². The van der Waals surface area contributed by atoms with Gasteiger partial charge in [0, 0.05) is 39.6 Å². The molecule has 0 radical (unpaired) electrons. The van der Waals surface area contributed by atoms with Crippen LogP contribution in [0.2, 0.25) is 0 Å². The number of hydrogen-bond donors (Lipinski definition) is 0. The van der Waals surface area contributed by atoms with Crippen molar-refractivity contribution in [3.63, 3.8) is 0 Å². The summed E-state index contributed by atoms with van der Waals surface area (Å²) in [7, 11) is 0. The van der Waals surface area contributed by atoms with Crippen molar-refractivity contribution >= 4 is 33.0 Å². The minimum atomic E-state index is 0.917. The average Bonchev–Trinajstić information content (AvgIpc) is 3.81. The van der Waals surface area contributed by atoms with E-state index in [0.717, 1.165) is 89.4 Å². The van der Waals surface area contributed by atoms with Gasteiger partial charge in [-0.2, -0.15) is 0 Å². The van der Waals surface area contributed by atoms with Crippen LogP contribution in [-0.4, -0.2) is 24.1 Å². The lowest BCUT2D eigenvalue weighted by Crippen LogP contribution is -1.97. The number of fused-ring (bicyclic) bond motifs is 3. The minimum absolute atomic E-state index is 0.917. The first-order chi connectivity index (χ1) is 25.8. The van der Waals surface area contributed by atoms with Crippen LogP contribution in [0.15, 0.2) is 188 Å². The van der Waals surface area contributed by atoms with Crippen molar-refractivity contribution in [2.24, 2.45) is 0 Å². The zero-order valence-electron chi connectivity index (χ0n) is 28.1. The van der Waals surface area contributed by atoms with Crippen LogP contribution in [0.4, 0.5) is 0 Å². The normalized spacial score (nSPS) is 11.5. The Kier molecular flexibility index (Phi) is 7.07. The third-order valence-corrected chi connectivity index (χ3v) is 9.83. The van der Waals surface area contributed by atoms with Gasteiger partial charge in [0.1, 0.15) is 11.6 Å². The maximum Gasteiger partial charge on any atom is 0.145 e. The maximum absolute atomic E-state index is 5.06. The molecule has 0 atom stereocenters. The predicted molar refractivity (Wildman–Crippen MR) is 213 cm³/mol. The van der Waals surface area contributed by atoms with Gasteiger partial charge in [0.05, 0.1) is 27.6 Å². The number of benzene rings is 7. The summed E-state index contributed by atoms with van der Waals surface area (Å²) in [4.78, 5) is 15.0. The number of imidazole rings is 2. The van der Waals surface area contributed by atoms with Crippen LogP contribution in [0, 0.1) is 0 Å². The highest BCUT2D eigenvalue weighted by atomic mass is 15.1. The van der Waals surface area contributed by atoms with Crippen molar-refractivity contribution < 1.29 is 0 Å². The van der Waals surface area contributed by atoms with Gasteiger partial charge >= 0.3 is 0 Å². The number of aromatic nitrogens is 5. The van der Waals surface area contributed by atoms with Crippen LogP contribution >= 0.6 is 0 Å². The van der Waals surface area contributed by atoms with Gasteiger partial charge in [-0.1, -0.05) is 127 Å². The molecule has 0 saturated heterocycles. The predicted octanol–water partition coefficient (Wildman–Crippen LogP) is 11.6. The Morgan fingerprint density at radius 1 is 0.346 bits per heavy atom. The van der Waals surface area contributed by atoms with Gasteiger partial charge < -0.3 is 0 Å². The van der Waals surface area contributed by atoms with Gasteiger partial charge in [0.25, 0.3) is 0 Å². The van der Waals surface area contributed by atoms with Crippen molar-refractivity contribution in [2.75, 3.05) is 0 Å². The monoisotopic (exact) mass is 665 g/mol. The first-order valence-corrected chi connectivity index (χ1v) is 17.5. The molecule has 3 heterocycles. The van der Waals surface area contributed by atoms with E-state index in [4.69, 9.17) is 15.0 Å². The summed E-state index contributed by atoms with van der Waals surface area (Å²) in [6.45, 7) is 0. The molecule has 0 unspecified atom stereocenters. The lowest BCUT2D eigenvalue weighted by Gasteiger charge is -2.13. The molecule has 10 rings (SSSR count). The van der Waals surface area contributed by atoms with Crippen LogP contribution < -0.4 is 0 Å². The first kappa shape index (κ1) is 29.8. The maximum atomic E-state index is 5.06. The second-order valence-corrected chi connectivity index (χ2v) is 12.9. The fraction of sp³-hybridized carbons (Fsp3) is 0. The first-order valence-electron chi connectivity index (χ1n) is 17.5. The van der Waals surface area contributed by atoms with E-state index in [1.54, 1.807) is 0 Å². The molecule has 0 fully saturated rings. The molecule has 5 heteroatoms. The smallest absolute Gasteiger partial charge is 0.145 e. The molecule has 10 aromatic rings. The highest BCUT2D eigenvalue weighted by Gasteiger charge is 2.17. The van der Waals surface area contributed by atoms with Gasteiger partial charge in [0.2, 0.25) is 0 Å². The molecule has 0 amide bonds. The molecule has 244 valence electrons. The minimum Gasteiger partial charge on any atom is -0.292 e. The number of nitrogens with zero attached hydrogens (tertiary/aromatic N) is 5. The Morgan fingerprint density at radius 3 is 1.33 bits per heavy atom. The Morgan fingerprint density at radius 2 is 0.788 bits per heavy atom. The molecule has 0 aliphatic carbocycles. The highest BCUT2D eigenvalue weighted by Crippen LogP contribution is 2.37. The summed E-state index contributed by atoms with van der Waals surface area (Å²) in [5.74, 6) is 1.84. The molecule has 0 saturated carbocycles. The molecule has 0 N–H and O–H groups in total. The van der Waals surface area contributed by atoms with E-state index in [2.05, 4.69) is 161 Å². The quantitative estimate of drug-likeness (QED) is 0.178. The number of hydrogen-bond acceptors (Lipinski definition) is 3. The summed E-state index contributed by atoms with van der Waals surface area (Å²) in [6.07, 6.45) is 1.88. The Balaban J connectivity index is 1.02. The summed E-state index contributed by atoms with van der Waals surface area (Å²) in [5, 5.41) is 1.11. The lowest BCUT2D eigenvalue weighted by atomic mass is 9.94. The summed E-state index contributed by atoms with van der Waals surface area (Å²) in [6, 6.07) is 63.5. The molecule has 5 nitrogen and oxygen atoms in total. The second-order valence-electron chi connectivity index (χ2n) is 12.9. The van der Waals surface area contributed by atoms with Gasteiger partial charge in [0.15, 0.2) is 0 Å². The van der Waals surface area contributed by atoms with Crippen molar-refractivity contribution in [3.8, 4) is 56.4 Å². The van der Waals surface area contributed by atoms with Gasteiger partial charge in [-0.25, -0.2) is 9.97 Å². The molecule has 0 bridgehead atoms. The van der Waals surface area contributed by atoms with Crippen LogP contribution in [0.3, 0.4) is 0 Å². The topological polar surface area (TPSA) is 48.5 Å². The summed E-state index contributed by atoms with van der Waals surface area (Å²) >= 11 is 0. The standard InChI is InChI=1S/C47H31N5/c1-3-12-36(13-4-1)51-43-19-9-7-17-41(43)49-46(51)34-25-21-32(22-26-34)38-29-30-39(45-40(38)16-11-31-48-45)33-23-27-35(28-24-33)47-50-42-18-8-10-20-44(42)52(47)37-14-5-2-6-15-37/h1-31H. The number of pyridine rings is 1. The van der Waals surface area contributed by atoms with Crippen LogP contribution in [0.5, 0.6) is 0 Å². The van der Waals surface area contributed by atoms with E-state index in [-0.39, 0.29) is 0 Å². The van der Waals surface area contributed by atoms with Crippen LogP contribution in [0.1, 0.15) is 0 Å². The van der Waals surface area contributed by atoms with Gasteiger partial charge in [-0.05, 0) is 71.3 Å². The zero-order chi connectivity index (χ0) is 34.4. The van der Waals surface area contributed by atoms with E-state index in [9.17, 15) is 0 Å². The third kappa shape index (κ3) is 4.98. The average molecular weight is 666 g/mol. The largest absolute Gasteiger partial charge is 0.292 e. The van der Waals surface area contributed by atoms with Crippen molar-refractivity contribution in [1.82, 2.24) is 24.1 Å². The third-order valence-electron chi connectivity index (χ3n) is 9.83. The fourth-order valence-electron chi connectivity index (χ4n) is 7.37. The highest BCUT2D eigenvalue weighted by molar-refractivity contribution is 6.03. The molecule has 52 heavy (non-hydrogen) atoms. The van der Waals surface area contributed by atoms with E-state index < -0.39 is 0 Å². The fourth-order valence-corrected chi connectivity index (χ4v) is 7.37. The van der Waals surface area contributed by atoms with E-state index >= 15 is 0 Å². The van der Waals surface area contributed by atoms with Crippen molar-refractivity contribution in [1.29, 1.82) is 0 Å². The van der Waals surface area contributed by atoms with Crippen molar-refractivity contribution in [3.05, 3.63) is 188 Å². The van der Waals surface area contributed by atoms with E-state index in [0.29, 0.717) is 0 Å². The number of rotatable bonds is 6. The Hall–Kier alpha value is -7.11. The number of para-hydroxylation sites is 6. The second kappa shape index (κ2) is 12.3. The Labute approximate surface area is 300 Å². The van der Waals surface area contributed by atoms with Crippen molar-refractivity contribution in [2.45, 2.75) is 0 Å². The Bertz CT molecular complexity index is 2670. The van der Waals surface area contributed by atoms with E-state index in [1.165, 1.54) is 0 Å². The van der Waals surface area contributed by atoms with Gasteiger partial charge in [-0.15, -0.1) is 0 Å². The summed E-state index contributed by atoms with van der Waals surface area (Å²) in [5.41, 5.74) is 13.8. The lowest BCUT2D eigenvalue weighted by molar-refractivity contribution is 1.10. The van der Waals surface area contributed by atoms with Crippen LogP contribution in [0.25, 0.3) is 89.4 Å². The molecule has 0 aliphatic rings. The zero-order valence-corrected chi connectivity index (χ0v) is 28.1.